The summed E-state index contributed by atoms with van der Waals surface area (Å²) in [5.74, 6) is 1.69. The number of hydrogen-bond acceptors (Lipinski definition) is 3. The van der Waals surface area contributed by atoms with Crippen molar-refractivity contribution in [2.24, 2.45) is 5.92 Å². The summed E-state index contributed by atoms with van der Waals surface area (Å²) in [7, 11) is 0. The van der Waals surface area contributed by atoms with Gasteiger partial charge in [-0.15, -0.1) is 0 Å². The van der Waals surface area contributed by atoms with E-state index in [0.717, 1.165) is 40.2 Å². The molecule has 112 valence electrons. The first-order chi connectivity index (χ1) is 10.9. The van der Waals surface area contributed by atoms with Gasteiger partial charge in [-0.2, -0.15) is 0 Å². The van der Waals surface area contributed by atoms with Gasteiger partial charge < -0.3 is 9.15 Å². The van der Waals surface area contributed by atoms with Crippen LogP contribution in [0.25, 0.3) is 21.9 Å². The molecule has 2 bridgehead atoms. The lowest BCUT2D eigenvalue weighted by atomic mass is 9.86. The summed E-state index contributed by atoms with van der Waals surface area (Å²) in [5.41, 5.74) is 1.87. The summed E-state index contributed by atoms with van der Waals surface area (Å²) in [6, 6.07) is 14.4. The topological polar surface area (TPSA) is 25.6 Å². The van der Waals surface area contributed by atoms with Crippen LogP contribution < -0.4 is 4.74 Å². The van der Waals surface area contributed by atoms with Crippen molar-refractivity contribution in [2.45, 2.75) is 18.9 Å². The second kappa shape index (κ2) is 4.75. The van der Waals surface area contributed by atoms with E-state index in [9.17, 15) is 0 Å². The van der Waals surface area contributed by atoms with Crippen LogP contribution in [0.4, 0.5) is 0 Å². The molecule has 0 amide bonds. The van der Waals surface area contributed by atoms with Crippen LogP contribution >= 0.6 is 0 Å². The minimum Gasteiger partial charge on any atom is -0.489 e. The third-order valence-corrected chi connectivity index (χ3v) is 5.23. The molecule has 3 heteroatoms. The number of ether oxygens (including phenoxy) is 1. The number of nitrogens with zero attached hydrogens (tertiary/aromatic N) is 1. The molecule has 3 aliphatic rings. The fraction of sp³-hybridized carbons (Fsp3) is 0.368. The molecule has 0 radical (unpaired) electrons. The van der Waals surface area contributed by atoms with E-state index < -0.39 is 0 Å². The molecule has 4 heterocycles. The molecule has 1 aromatic heterocycles. The Hall–Kier alpha value is -2.00. The quantitative estimate of drug-likeness (QED) is 0.712. The Balaban J connectivity index is 1.51. The molecule has 2 aromatic carbocycles. The molecular formula is C19H19NO2. The molecule has 3 aromatic rings. The van der Waals surface area contributed by atoms with E-state index in [-0.39, 0.29) is 0 Å². The number of furan rings is 1. The summed E-state index contributed by atoms with van der Waals surface area (Å²) in [4.78, 5) is 2.52. The third kappa shape index (κ3) is 1.92. The van der Waals surface area contributed by atoms with Crippen molar-refractivity contribution in [3.63, 3.8) is 0 Å². The van der Waals surface area contributed by atoms with Gasteiger partial charge in [0.15, 0.2) is 0 Å². The fourth-order valence-electron chi connectivity index (χ4n) is 4.00. The molecule has 22 heavy (non-hydrogen) atoms. The van der Waals surface area contributed by atoms with Gasteiger partial charge in [0, 0.05) is 17.3 Å². The van der Waals surface area contributed by atoms with Crippen LogP contribution in [-0.4, -0.2) is 30.6 Å². The van der Waals surface area contributed by atoms with Crippen LogP contribution in [-0.2, 0) is 0 Å². The molecular weight excluding hydrogens is 274 g/mol. The van der Waals surface area contributed by atoms with E-state index >= 15 is 0 Å². The van der Waals surface area contributed by atoms with E-state index in [1.54, 1.807) is 0 Å². The number of benzene rings is 2. The number of fused-ring (bicyclic) bond motifs is 6. The zero-order valence-corrected chi connectivity index (χ0v) is 12.5. The summed E-state index contributed by atoms with van der Waals surface area (Å²) in [6.45, 7) is 3.57. The monoisotopic (exact) mass is 293 g/mol. The van der Waals surface area contributed by atoms with E-state index in [0.29, 0.717) is 6.10 Å². The zero-order valence-electron chi connectivity index (χ0n) is 12.5. The Bertz CT molecular complexity index is 830. The maximum Gasteiger partial charge on any atom is 0.135 e. The van der Waals surface area contributed by atoms with E-state index in [2.05, 4.69) is 23.1 Å². The third-order valence-electron chi connectivity index (χ3n) is 5.23. The van der Waals surface area contributed by atoms with Gasteiger partial charge in [0.05, 0.1) is 0 Å². The van der Waals surface area contributed by atoms with Crippen molar-refractivity contribution in [1.29, 1.82) is 0 Å². The van der Waals surface area contributed by atoms with E-state index in [4.69, 9.17) is 9.15 Å². The van der Waals surface area contributed by atoms with E-state index in [1.807, 2.05) is 24.3 Å². The minimum atomic E-state index is 0.345. The molecule has 3 saturated heterocycles. The highest BCUT2D eigenvalue weighted by Gasteiger charge is 2.35. The molecule has 0 N–H and O–H groups in total. The van der Waals surface area contributed by atoms with Gasteiger partial charge in [-0.25, -0.2) is 0 Å². The Labute approximate surface area is 129 Å². The molecule has 1 atom stereocenters. The van der Waals surface area contributed by atoms with Crippen molar-refractivity contribution in [2.75, 3.05) is 19.6 Å². The predicted molar refractivity (Wildman–Crippen MR) is 87.3 cm³/mol. The zero-order chi connectivity index (χ0) is 14.5. The Kier molecular flexibility index (Phi) is 2.71. The summed E-state index contributed by atoms with van der Waals surface area (Å²) in [6.07, 6.45) is 2.90. The molecule has 1 unspecified atom stereocenters. The number of para-hydroxylation sites is 1. The first kappa shape index (κ1) is 12.5. The Morgan fingerprint density at radius 1 is 0.955 bits per heavy atom. The first-order valence-corrected chi connectivity index (χ1v) is 8.17. The molecule has 6 rings (SSSR count). The maximum atomic E-state index is 6.33. The van der Waals surface area contributed by atoms with Crippen molar-refractivity contribution in [3.05, 3.63) is 42.5 Å². The van der Waals surface area contributed by atoms with E-state index in [1.165, 1.54) is 25.9 Å². The number of hydrogen-bond donors (Lipinski definition) is 0. The maximum absolute atomic E-state index is 6.33. The second-order valence-corrected chi connectivity index (χ2v) is 6.55. The van der Waals surface area contributed by atoms with Gasteiger partial charge in [0.2, 0.25) is 0 Å². The molecule has 0 spiro atoms. The molecule has 3 aliphatic heterocycles. The van der Waals surface area contributed by atoms with Gasteiger partial charge in [-0.1, -0.05) is 18.2 Å². The minimum absolute atomic E-state index is 0.345. The van der Waals surface area contributed by atoms with Crippen LogP contribution in [0, 0.1) is 5.92 Å². The predicted octanol–water partition coefficient (Wildman–Crippen LogP) is 4.06. The average molecular weight is 293 g/mol. The van der Waals surface area contributed by atoms with Gasteiger partial charge in [0.25, 0.3) is 0 Å². The van der Waals surface area contributed by atoms with Gasteiger partial charge in [0.1, 0.15) is 23.0 Å². The van der Waals surface area contributed by atoms with Crippen molar-refractivity contribution in [1.82, 2.24) is 4.90 Å². The summed E-state index contributed by atoms with van der Waals surface area (Å²) < 4.78 is 12.2. The number of piperidine rings is 3. The summed E-state index contributed by atoms with van der Waals surface area (Å²) in [5, 5.41) is 2.31. The number of rotatable bonds is 2. The van der Waals surface area contributed by atoms with Gasteiger partial charge in [-0.05, 0) is 56.1 Å². The van der Waals surface area contributed by atoms with Crippen LogP contribution in [0.5, 0.6) is 5.75 Å². The highest BCUT2D eigenvalue weighted by Crippen LogP contribution is 2.34. The van der Waals surface area contributed by atoms with Crippen molar-refractivity contribution < 1.29 is 9.15 Å². The molecule has 0 aliphatic carbocycles. The van der Waals surface area contributed by atoms with Crippen molar-refractivity contribution in [3.8, 4) is 5.75 Å². The SMILES string of the molecule is c1ccc2c(c1)oc1ccc(OC3CN4CCC3CC4)cc12. The smallest absolute Gasteiger partial charge is 0.135 e. The fourth-order valence-corrected chi connectivity index (χ4v) is 4.00. The van der Waals surface area contributed by atoms with Crippen LogP contribution in [0.1, 0.15) is 12.8 Å². The summed E-state index contributed by atoms with van der Waals surface area (Å²) >= 11 is 0. The Morgan fingerprint density at radius 3 is 2.59 bits per heavy atom. The van der Waals surface area contributed by atoms with Gasteiger partial charge in [-0.3, -0.25) is 4.90 Å². The molecule has 3 nitrogen and oxygen atoms in total. The lowest BCUT2D eigenvalue weighted by molar-refractivity contribution is -0.00769. The molecule has 0 saturated carbocycles. The largest absolute Gasteiger partial charge is 0.489 e. The van der Waals surface area contributed by atoms with Crippen LogP contribution in [0.3, 0.4) is 0 Å². The van der Waals surface area contributed by atoms with Crippen molar-refractivity contribution >= 4 is 21.9 Å². The van der Waals surface area contributed by atoms with Crippen LogP contribution in [0.15, 0.2) is 46.9 Å². The standard InChI is InChI=1S/C19H19NO2/c1-2-4-17-15(3-1)16-11-14(5-6-18(16)22-17)21-19-12-20-9-7-13(19)8-10-20/h1-6,11,13,19H,7-10,12H2. The molecule has 3 fully saturated rings. The second-order valence-electron chi connectivity index (χ2n) is 6.55. The van der Waals surface area contributed by atoms with Gasteiger partial charge >= 0.3 is 0 Å². The Morgan fingerprint density at radius 2 is 1.77 bits per heavy atom. The lowest BCUT2D eigenvalue weighted by Gasteiger charge is -2.44. The highest BCUT2D eigenvalue weighted by molar-refractivity contribution is 6.05. The highest BCUT2D eigenvalue weighted by atomic mass is 16.5. The van der Waals surface area contributed by atoms with Crippen LogP contribution in [0.2, 0.25) is 0 Å². The normalized spacial score (nSPS) is 27.5. The lowest BCUT2D eigenvalue weighted by Crippen LogP contribution is -2.52. The first-order valence-electron chi connectivity index (χ1n) is 8.17. The average Bonchev–Trinajstić information content (AvgIpc) is 2.94.